The fraction of sp³-hybridized carbons (Fsp3) is 0.462. The van der Waals surface area contributed by atoms with Gasteiger partial charge in [-0.3, -0.25) is 4.79 Å². The second kappa shape index (κ2) is 4.72. The lowest BCUT2D eigenvalue weighted by atomic mass is 10.1. The van der Waals surface area contributed by atoms with Crippen molar-refractivity contribution >= 4 is 15.7 Å². The van der Waals surface area contributed by atoms with Gasteiger partial charge in [-0.15, -0.1) is 0 Å². The summed E-state index contributed by atoms with van der Waals surface area (Å²) in [5, 5.41) is -0.378. The van der Waals surface area contributed by atoms with Crippen LogP contribution in [0.1, 0.15) is 22.8 Å². The Morgan fingerprint density at radius 1 is 1.39 bits per heavy atom. The predicted molar refractivity (Wildman–Crippen MR) is 70.3 cm³/mol. The first kappa shape index (κ1) is 13.1. The van der Waals surface area contributed by atoms with Crippen LogP contribution in [0.4, 0.5) is 0 Å². The van der Waals surface area contributed by atoms with Gasteiger partial charge in [-0.25, -0.2) is 8.42 Å². The van der Waals surface area contributed by atoms with Gasteiger partial charge in [-0.2, -0.15) is 0 Å². The van der Waals surface area contributed by atoms with Gasteiger partial charge >= 0.3 is 0 Å². The Balaban J connectivity index is 2.03. The highest BCUT2D eigenvalue weighted by molar-refractivity contribution is 7.92. The topological polar surface area (TPSA) is 54.5 Å². The highest BCUT2D eigenvalue weighted by Gasteiger charge is 2.38. The molecule has 98 valence electrons. The molecule has 0 unspecified atom stereocenters. The molecule has 0 radical (unpaired) electrons. The number of sulfone groups is 1. The third-order valence-electron chi connectivity index (χ3n) is 3.31. The van der Waals surface area contributed by atoms with Gasteiger partial charge in [0.1, 0.15) is 0 Å². The van der Waals surface area contributed by atoms with Gasteiger partial charge in [-0.05, 0) is 19.1 Å². The van der Waals surface area contributed by atoms with Crippen LogP contribution in [0.3, 0.4) is 0 Å². The summed E-state index contributed by atoms with van der Waals surface area (Å²) in [4.78, 5) is 13.7. The smallest absolute Gasteiger partial charge is 0.253 e. The quantitative estimate of drug-likeness (QED) is 0.828. The molecule has 1 saturated heterocycles. The summed E-state index contributed by atoms with van der Waals surface area (Å²) in [7, 11) is -3.01. The van der Waals surface area contributed by atoms with Crippen LogP contribution in [0.2, 0.25) is 0 Å². The minimum atomic E-state index is -3.01. The Bertz CT molecular complexity index is 559. The van der Waals surface area contributed by atoms with E-state index in [4.69, 9.17) is 0 Å². The van der Waals surface area contributed by atoms with Gasteiger partial charge in [-0.1, -0.05) is 24.6 Å². The van der Waals surface area contributed by atoms with Crippen molar-refractivity contribution in [2.24, 2.45) is 0 Å². The molecule has 0 N–H and O–H groups in total. The first-order valence-corrected chi connectivity index (χ1v) is 7.73. The molecule has 18 heavy (non-hydrogen) atoms. The molecular weight excluding hydrogens is 250 g/mol. The van der Waals surface area contributed by atoms with Crippen molar-refractivity contribution < 1.29 is 13.2 Å². The van der Waals surface area contributed by atoms with E-state index in [1.807, 2.05) is 25.1 Å². The van der Waals surface area contributed by atoms with E-state index in [2.05, 4.69) is 0 Å². The van der Waals surface area contributed by atoms with Crippen LogP contribution in [0, 0.1) is 6.92 Å². The zero-order chi connectivity index (χ0) is 13.3. The number of rotatable bonds is 3. The summed E-state index contributed by atoms with van der Waals surface area (Å²) in [5.74, 6) is 0.0608. The van der Waals surface area contributed by atoms with Gasteiger partial charge in [0.25, 0.3) is 5.91 Å². The molecule has 0 atom stereocenters. The lowest BCUT2D eigenvalue weighted by molar-refractivity contribution is 0.0659. The number of nitrogens with zero attached hydrogens (tertiary/aromatic N) is 1. The van der Waals surface area contributed by atoms with E-state index in [0.29, 0.717) is 18.7 Å². The summed E-state index contributed by atoms with van der Waals surface area (Å²) in [5.41, 5.74) is 1.65. The number of carbonyl (C=O) groups excluding carboxylic acids is 1. The Labute approximate surface area is 108 Å². The van der Waals surface area contributed by atoms with E-state index >= 15 is 0 Å². The van der Waals surface area contributed by atoms with Gasteiger partial charge < -0.3 is 4.90 Å². The van der Waals surface area contributed by atoms with Crippen LogP contribution in [-0.2, 0) is 9.84 Å². The van der Waals surface area contributed by atoms with Gasteiger partial charge in [0.05, 0.1) is 5.25 Å². The number of hydrogen-bond donors (Lipinski definition) is 0. The number of likely N-dealkylation sites (tertiary alicyclic amines) is 1. The van der Waals surface area contributed by atoms with E-state index in [9.17, 15) is 13.2 Å². The molecule has 2 rings (SSSR count). The summed E-state index contributed by atoms with van der Waals surface area (Å²) in [6, 6.07) is 7.35. The van der Waals surface area contributed by atoms with Crippen molar-refractivity contribution in [3.63, 3.8) is 0 Å². The van der Waals surface area contributed by atoms with E-state index < -0.39 is 9.84 Å². The SMILES string of the molecule is CCS(=O)(=O)C1CN(C(=O)c2cccc(C)c2)C1. The summed E-state index contributed by atoms with van der Waals surface area (Å²) < 4.78 is 23.2. The zero-order valence-electron chi connectivity index (χ0n) is 10.6. The highest BCUT2D eigenvalue weighted by atomic mass is 32.2. The zero-order valence-corrected chi connectivity index (χ0v) is 11.4. The van der Waals surface area contributed by atoms with Crippen LogP contribution in [0.5, 0.6) is 0 Å². The maximum Gasteiger partial charge on any atom is 0.253 e. The highest BCUT2D eigenvalue weighted by Crippen LogP contribution is 2.20. The van der Waals surface area contributed by atoms with E-state index in [-0.39, 0.29) is 16.9 Å². The molecule has 0 bridgehead atoms. The van der Waals surface area contributed by atoms with Crippen molar-refractivity contribution in [1.82, 2.24) is 4.90 Å². The van der Waals surface area contributed by atoms with Crippen LogP contribution in [0.15, 0.2) is 24.3 Å². The average molecular weight is 267 g/mol. The van der Waals surface area contributed by atoms with E-state index in [1.165, 1.54) is 0 Å². The summed E-state index contributed by atoms with van der Waals surface area (Å²) in [6.07, 6.45) is 0. The van der Waals surface area contributed by atoms with Crippen molar-refractivity contribution in [2.75, 3.05) is 18.8 Å². The molecule has 1 heterocycles. The third kappa shape index (κ3) is 2.41. The van der Waals surface area contributed by atoms with Crippen LogP contribution < -0.4 is 0 Å². The first-order chi connectivity index (χ1) is 8.44. The fourth-order valence-corrected chi connectivity index (χ4v) is 3.31. The molecule has 0 aromatic heterocycles. The molecule has 1 aliphatic rings. The molecule has 4 nitrogen and oxygen atoms in total. The van der Waals surface area contributed by atoms with Crippen molar-refractivity contribution in [2.45, 2.75) is 19.1 Å². The normalized spacial score (nSPS) is 16.4. The second-order valence-electron chi connectivity index (χ2n) is 4.65. The minimum absolute atomic E-state index is 0.0822. The molecular formula is C13H17NO3S. The average Bonchev–Trinajstić information content (AvgIpc) is 2.26. The molecule has 0 aliphatic carbocycles. The first-order valence-electron chi connectivity index (χ1n) is 6.01. The van der Waals surface area contributed by atoms with E-state index in [0.717, 1.165) is 5.56 Å². The van der Waals surface area contributed by atoms with Crippen LogP contribution in [0.25, 0.3) is 0 Å². The Hall–Kier alpha value is -1.36. The summed E-state index contributed by atoms with van der Waals surface area (Å²) >= 11 is 0. The maximum atomic E-state index is 12.1. The number of amides is 1. The van der Waals surface area contributed by atoms with Crippen molar-refractivity contribution in [3.8, 4) is 0 Å². The lowest BCUT2D eigenvalue weighted by Gasteiger charge is -2.38. The Kier molecular flexibility index (Phi) is 3.43. The standard InChI is InChI=1S/C13H17NO3S/c1-3-18(16,17)12-8-14(9-12)13(15)11-6-4-5-10(2)7-11/h4-7,12H,3,8-9H2,1-2H3. The molecule has 5 heteroatoms. The largest absolute Gasteiger partial charge is 0.336 e. The number of carbonyl (C=O) groups is 1. The third-order valence-corrected chi connectivity index (χ3v) is 5.43. The molecule has 0 saturated carbocycles. The maximum absolute atomic E-state index is 12.1. The molecule has 0 spiro atoms. The molecule has 1 fully saturated rings. The van der Waals surface area contributed by atoms with Gasteiger partial charge in [0.15, 0.2) is 9.84 Å². The number of hydrogen-bond acceptors (Lipinski definition) is 3. The fourth-order valence-electron chi connectivity index (χ4n) is 2.03. The second-order valence-corrected chi connectivity index (χ2v) is 7.22. The number of aryl methyl sites for hydroxylation is 1. The molecule has 1 aromatic carbocycles. The van der Waals surface area contributed by atoms with Crippen LogP contribution in [-0.4, -0.2) is 43.3 Å². The Morgan fingerprint density at radius 3 is 2.61 bits per heavy atom. The predicted octanol–water partition coefficient (Wildman–Crippen LogP) is 1.25. The lowest BCUT2D eigenvalue weighted by Crippen LogP contribution is -2.57. The van der Waals surface area contributed by atoms with Gasteiger partial charge in [0.2, 0.25) is 0 Å². The summed E-state index contributed by atoms with van der Waals surface area (Å²) in [6.45, 7) is 4.21. The minimum Gasteiger partial charge on any atom is -0.336 e. The van der Waals surface area contributed by atoms with Gasteiger partial charge in [0, 0.05) is 24.4 Å². The van der Waals surface area contributed by atoms with Crippen molar-refractivity contribution in [3.05, 3.63) is 35.4 Å². The monoisotopic (exact) mass is 267 g/mol. The van der Waals surface area contributed by atoms with Crippen LogP contribution >= 0.6 is 0 Å². The molecule has 1 aromatic rings. The molecule has 1 aliphatic heterocycles. The number of benzene rings is 1. The molecule has 1 amide bonds. The van der Waals surface area contributed by atoms with E-state index in [1.54, 1.807) is 17.9 Å². The van der Waals surface area contributed by atoms with Crippen molar-refractivity contribution in [1.29, 1.82) is 0 Å². The Morgan fingerprint density at radius 2 is 2.06 bits per heavy atom.